The third-order valence-corrected chi connectivity index (χ3v) is 4.60. The lowest BCUT2D eigenvalue weighted by atomic mass is 9.93. The number of hydrogen-bond donors (Lipinski definition) is 0. The van der Waals surface area contributed by atoms with E-state index in [4.69, 9.17) is 0 Å². The highest BCUT2D eigenvalue weighted by Crippen LogP contribution is 2.39. The molecule has 1 aromatic heterocycles. The van der Waals surface area contributed by atoms with Crippen molar-refractivity contribution in [2.45, 2.75) is 18.8 Å². The fourth-order valence-corrected chi connectivity index (χ4v) is 3.46. The molecule has 1 nitrogen and oxygen atoms in total. The summed E-state index contributed by atoms with van der Waals surface area (Å²) in [5.41, 5.74) is 5.67. The van der Waals surface area contributed by atoms with Crippen molar-refractivity contribution in [2.75, 3.05) is 0 Å². The predicted octanol–water partition coefficient (Wildman–Crippen LogP) is 5.19. The third kappa shape index (κ3) is 2.88. The molecule has 1 heterocycles. The fourth-order valence-electron chi connectivity index (χ4n) is 3.46. The first-order chi connectivity index (χ1) is 11.8. The van der Waals surface area contributed by atoms with Gasteiger partial charge in [0, 0.05) is 24.2 Å². The van der Waals surface area contributed by atoms with Crippen LogP contribution in [0.1, 0.15) is 28.3 Å². The summed E-state index contributed by atoms with van der Waals surface area (Å²) in [6, 6.07) is 21.5. The maximum atomic E-state index is 14.0. The standard InChI is InChI=1S/C22H18FN/c23-22-11-4-1-7-16(22)13-17-14-18(15-19-8-5-6-12-24-19)21-10-3-2-9-20(17)21/h1-12,14,17H,13,15H2. The average molecular weight is 315 g/mol. The molecule has 4 rings (SSSR count). The van der Waals surface area contributed by atoms with Crippen molar-refractivity contribution >= 4 is 5.57 Å². The minimum absolute atomic E-state index is 0.124. The predicted molar refractivity (Wildman–Crippen MR) is 95.2 cm³/mol. The Morgan fingerprint density at radius 2 is 1.67 bits per heavy atom. The van der Waals surface area contributed by atoms with Gasteiger partial charge >= 0.3 is 0 Å². The lowest BCUT2D eigenvalue weighted by Crippen LogP contribution is -2.00. The molecule has 2 heteroatoms. The Kier molecular flexibility index (Phi) is 3.96. The van der Waals surface area contributed by atoms with E-state index in [-0.39, 0.29) is 11.7 Å². The number of allylic oxidation sites excluding steroid dienone is 2. The van der Waals surface area contributed by atoms with Crippen molar-refractivity contribution in [3.05, 3.63) is 107 Å². The maximum Gasteiger partial charge on any atom is 0.126 e. The van der Waals surface area contributed by atoms with Crippen LogP contribution in [0.3, 0.4) is 0 Å². The number of fused-ring (bicyclic) bond motifs is 1. The van der Waals surface area contributed by atoms with Crippen LogP contribution in [0.2, 0.25) is 0 Å². The Morgan fingerprint density at radius 1 is 0.875 bits per heavy atom. The van der Waals surface area contributed by atoms with Gasteiger partial charge in [-0.25, -0.2) is 4.39 Å². The molecule has 0 saturated carbocycles. The highest BCUT2D eigenvalue weighted by molar-refractivity contribution is 5.76. The monoisotopic (exact) mass is 315 g/mol. The molecule has 0 bridgehead atoms. The van der Waals surface area contributed by atoms with Crippen LogP contribution in [0.15, 0.2) is 79.0 Å². The molecule has 0 fully saturated rings. The highest BCUT2D eigenvalue weighted by atomic mass is 19.1. The topological polar surface area (TPSA) is 12.9 Å². The van der Waals surface area contributed by atoms with Crippen LogP contribution in [-0.2, 0) is 12.8 Å². The summed E-state index contributed by atoms with van der Waals surface area (Å²) in [4.78, 5) is 4.44. The Hall–Kier alpha value is -2.74. The second-order valence-corrected chi connectivity index (χ2v) is 6.18. The van der Waals surface area contributed by atoms with Crippen LogP contribution in [0.25, 0.3) is 5.57 Å². The van der Waals surface area contributed by atoms with E-state index in [0.717, 1.165) is 17.7 Å². The first-order valence-corrected chi connectivity index (χ1v) is 8.24. The quantitative estimate of drug-likeness (QED) is 0.646. The van der Waals surface area contributed by atoms with Gasteiger partial charge in [0.15, 0.2) is 0 Å². The van der Waals surface area contributed by atoms with E-state index in [1.807, 2.05) is 36.5 Å². The van der Waals surface area contributed by atoms with Crippen molar-refractivity contribution in [2.24, 2.45) is 0 Å². The minimum Gasteiger partial charge on any atom is -0.261 e. The molecular weight excluding hydrogens is 297 g/mol. The zero-order valence-electron chi connectivity index (χ0n) is 13.3. The van der Waals surface area contributed by atoms with E-state index >= 15 is 0 Å². The van der Waals surface area contributed by atoms with Crippen LogP contribution in [-0.4, -0.2) is 4.98 Å². The summed E-state index contributed by atoms with van der Waals surface area (Å²) in [6.45, 7) is 0. The lowest BCUT2D eigenvalue weighted by molar-refractivity contribution is 0.604. The molecular formula is C22H18FN. The van der Waals surface area contributed by atoms with Crippen molar-refractivity contribution in [3.8, 4) is 0 Å². The summed E-state index contributed by atoms with van der Waals surface area (Å²) >= 11 is 0. The summed E-state index contributed by atoms with van der Waals surface area (Å²) in [5, 5.41) is 0. The largest absolute Gasteiger partial charge is 0.261 e. The highest BCUT2D eigenvalue weighted by Gasteiger charge is 2.24. The molecule has 24 heavy (non-hydrogen) atoms. The molecule has 0 N–H and O–H groups in total. The average Bonchev–Trinajstić information content (AvgIpc) is 2.96. The SMILES string of the molecule is Fc1ccccc1CC1C=C(Cc2ccccn2)c2ccccc21. The summed E-state index contributed by atoms with van der Waals surface area (Å²) in [5.74, 6) is 0.0957. The van der Waals surface area contributed by atoms with E-state index < -0.39 is 0 Å². The molecule has 0 saturated heterocycles. The molecule has 1 unspecified atom stereocenters. The molecule has 0 amide bonds. The van der Waals surface area contributed by atoms with Crippen molar-refractivity contribution in [1.82, 2.24) is 4.98 Å². The molecule has 0 spiro atoms. The van der Waals surface area contributed by atoms with Crippen LogP contribution < -0.4 is 0 Å². The third-order valence-electron chi connectivity index (χ3n) is 4.60. The van der Waals surface area contributed by atoms with E-state index in [1.54, 1.807) is 6.07 Å². The smallest absolute Gasteiger partial charge is 0.126 e. The molecule has 0 aliphatic heterocycles. The van der Waals surface area contributed by atoms with E-state index in [2.05, 4.69) is 35.3 Å². The first kappa shape index (κ1) is 14.8. The van der Waals surface area contributed by atoms with Gasteiger partial charge < -0.3 is 0 Å². The lowest BCUT2D eigenvalue weighted by Gasteiger charge is -2.11. The van der Waals surface area contributed by atoms with Crippen LogP contribution in [0.5, 0.6) is 0 Å². The van der Waals surface area contributed by atoms with Gasteiger partial charge in [-0.3, -0.25) is 4.98 Å². The molecule has 1 atom stereocenters. The number of benzene rings is 2. The Morgan fingerprint density at radius 3 is 2.50 bits per heavy atom. The number of hydrogen-bond acceptors (Lipinski definition) is 1. The van der Waals surface area contributed by atoms with Crippen molar-refractivity contribution in [1.29, 1.82) is 0 Å². The number of aromatic nitrogens is 1. The molecule has 1 aliphatic carbocycles. The Bertz CT molecular complexity index is 883. The maximum absolute atomic E-state index is 14.0. The zero-order chi connectivity index (χ0) is 16.4. The number of halogens is 1. The van der Waals surface area contributed by atoms with E-state index in [1.165, 1.54) is 22.8 Å². The number of pyridine rings is 1. The van der Waals surface area contributed by atoms with Gasteiger partial charge in [0.2, 0.25) is 0 Å². The second kappa shape index (κ2) is 6.40. The molecule has 2 aromatic carbocycles. The van der Waals surface area contributed by atoms with Crippen LogP contribution in [0.4, 0.5) is 4.39 Å². The summed E-state index contributed by atoms with van der Waals surface area (Å²) in [7, 11) is 0. The van der Waals surface area contributed by atoms with E-state index in [9.17, 15) is 4.39 Å². The van der Waals surface area contributed by atoms with Gasteiger partial charge in [-0.2, -0.15) is 0 Å². The van der Waals surface area contributed by atoms with Gasteiger partial charge in [-0.1, -0.05) is 54.6 Å². The normalized spacial score (nSPS) is 15.9. The zero-order valence-corrected chi connectivity index (χ0v) is 13.3. The number of nitrogens with zero attached hydrogens (tertiary/aromatic N) is 1. The molecule has 118 valence electrons. The molecule has 1 aliphatic rings. The van der Waals surface area contributed by atoms with E-state index in [0.29, 0.717) is 6.42 Å². The molecule has 3 aromatic rings. The van der Waals surface area contributed by atoms with Crippen LogP contribution >= 0.6 is 0 Å². The Labute approximate surface area is 141 Å². The second-order valence-electron chi connectivity index (χ2n) is 6.18. The van der Waals surface area contributed by atoms with Gasteiger partial charge in [-0.05, 0) is 46.9 Å². The van der Waals surface area contributed by atoms with Crippen molar-refractivity contribution < 1.29 is 4.39 Å². The van der Waals surface area contributed by atoms with Gasteiger partial charge in [0.1, 0.15) is 5.82 Å². The summed E-state index contributed by atoms with van der Waals surface area (Å²) in [6.07, 6.45) is 5.61. The fraction of sp³-hybridized carbons (Fsp3) is 0.136. The van der Waals surface area contributed by atoms with Crippen LogP contribution in [0, 0.1) is 5.82 Å². The summed E-state index contributed by atoms with van der Waals surface area (Å²) < 4.78 is 14.0. The minimum atomic E-state index is -0.124. The van der Waals surface area contributed by atoms with Gasteiger partial charge in [0.05, 0.1) is 0 Å². The first-order valence-electron chi connectivity index (χ1n) is 8.24. The van der Waals surface area contributed by atoms with Gasteiger partial charge in [0.25, 0.3) is 0 Å². The van der Waals surface area contributed by atoms with Gasteiger partial charge in [-0.15, -0.1) is 0 Å². The number of rotatable bonds is 4. The van der Waals surface area contributed by atoms with Crippen molar-refractivity contribution in [3.63, 3.8) is 0 Å². The Balaban J connectivity index is 1.66. The molecule has 0 radical (unpaired) electrons.